The zero-order valence-corrected chi connectivity index (χ0v) is 12.5. The second-order valence-electron chi connectivity index (χ2n) is 5.17. The summed E-state index contributed by atoms with van der Waals surface area (Å²) in [7, 11) is -2.14. The first-order valence-electron chi connectivity index (χ1n) is 6.30. The molecule has 0 atom stereocenters. The molecule has 1 aliphatic rings. The third-order valence-corrected chi connectivity index (χ3v) is 5.47. The van der Waals surface area contributed by atoms with Crippen molar-refractivity contribution in [2.75, 3.05) is 6.54 Å². The second-order valence-corrected chi connectivity index (χ2v) is 7.26. The highest BCUT2D eigenvalue weighted by Crippen LogP contribution is 2.26. The first kappa shape index (κ1) is 14.8. The normalized spacial score (nSPS) is 19.5. The number of nitrogens with two attached hydrogens (primary N) is 1. The minimum Gasteiger partial charge on any atom is -0.324 e. The largest absolute Gasteiger partial charge is 0.324 e. The standard InChI is InChI=1S/C11H19ClN4O2S/c1-16-10(9(12)7-14-16)19(17,18)15-8-11(13)5-3-2-4-6-11/h7,15H,2-6,8,13H2,1H3. The molecule has 0 radical (unpaired) electrons. The van der Waals surface area contributed by atoms with Crippen LogP contribution in [0, 0.1) is 0 Å². The van der Waals surface area contributed by atoms with Gasteiger partial charge < -0.3 is 5.73 Å². The summed E-state index contributed by atoms with van der Waals surface area (Å²) in [6, 6.07) is 0. The summed E-state index contributed by atoms with van der Waals surface area (Å²) >= 11 is 5.85. The predicted octanol–water partition coefficient (Wildman–Crippen LogP) is 1.01. The Bertz CT molecular complexity index is 530. The molecule has 0 aromatic carbocycles. The van der Waals surface area contributed by atoms with Crippen LogP contribution in [0.4, 0.5) is 0 Å². The Morgan fingerprint density at radius 3 is 2.63 bits per heavy atom. The molecule has 108 valence electrons. The van der Waals surface area contributed by atoms with Gasteiger partial charge in [-0.2, -0.15) is 5.10 Å². The van der Waals surface area contributed by atoms with Crippen molar-refractivity contribution in [1.82, 2.24) is 14.5 Å². The van der Waals surface area contributed by atoms with E-state index in [9.17, 15) is 8.42 Å². The van der Waals surface area contributed by atoms with Gasteiger partial charge in [0.15, 0.2) is 5.03 Å². The number of nitrogens with zero attached hydrogens (tertiary/aromatic N) is 2. The molecule has 1 saturated carbocycles. The number of sulfonamides is 1. The lowest BCUT2D eigenvalue weighted by molar-refractivity contribution is 0.296. The van der Waals surface area contributed by atoms with E-state index >= 15 is 0 Å². The number of aromatic nitrogens is 2. The van der Waals surface area contributed by atoms with Crippen molar-refractivity contribution in [3.8, 4) is 0 Å². The Morgan fingerprint density at radius 1 is 1.47 bits per heavy atom. The molecule has 19 heavy (non-hydrogen) atoms. The summed E-state index contributed by atoms with van der Waals surface area (Å²) in [5.74, 6) is 0. The van der Waals surface area contributed by atoms with Crippen LogP contribution >= 0.6 is 11.6 Å². The van der Waals surface area contributed by atoms with E-state index in [1.54, 1.807) is 7.05 Å². The molecule has 1 aliphatic carbocycles. The maximum atomic E-state index is 12.2. The van der Waals surface area contributed by atoms with Crippen LogP contribution in [0.2, 0.25) is 5.02 Å². The van der Waals surface area contributed by atoms with E-state index in [-0.39, 0.29) is 16.6 Å². The molecular weight excluding hydrogens is 288 g/mol. The average molecular weight is 307 g/mol. The first-order chi connectivity index (χ1) is 8.84. The van der Waals surface area contributed by atoms with Crippen molar-refractivity contribution in [2.24, 2.45) is 12.8 Å². The number of hydrogen-bond donors (Lipinski definition) is 2. The Hall–Kier alpha value is -0.630. The maximum Gasteiger partial charge on any atom is 0.259 e. The summed E-state index contributed by atoms with van der Waals surface area (Å²) in [4.78, 5) is 0. The lowest BCUT2D eigenvalue weighted by Gasteiger charge is -2.33. The summed E-state index contributed by atoms with van der Waals surface area (Å²) in [6.45, 7) is 0.233. The van der Waals surface area contributed by atoms with Gasteiger partial charge in [-0.25, -0.2) is 13.1 Å². The van der Waals surface area contributed by atoms with Gasteiger partial charge in [-0.15, -0.1) is 0 Å². The highest BCUT2D eigenvalue weighted by atomic mass is 35.5. The minimum absolute atomic E-state index is 0.0198. The minimum atomic E-state index is -3.68. The van der Waals surface area contributed by atoms with Crippen molar-refractivity contribution < 1.29 is 8.42 Å². The zero-order valence-electron chi connectivity index (χ0n) is 10.9. The molecule has 0 bridgehead atoms. The lowest BCUT2D eigenvalue weighted by Crippen LogP contribution is -2.51. The van der Waals surface area contributed by atoms with Crippen molar-refractivity contribution in [1.29, 1.82) is 0 Å². The van der Waals surface area contributed by atoms with Crippen molar-refractivity contribution in [2.45, 2.75) is 42.7 Å². The lowest BCUT2D eigenvalue weighted by atomic mass is 9.83. The van der Waals surface area contributed by atoms with Gasteiger partial charge in [-0.05, 0) is 12.8 Å². The van der Waals surface area contributed by atoms with E-state index in [2.05, 4.69) is 9.82 Å². The monoisotopic (exact) mass is 306 g/mol. The van der Waals surface area contributed by atoms with Crippen LogP contribution < -0.4 is 10.5 Å². The summed E-state index contributed by atoms with van der Waals surface area (Å²) in [6.07, 6.45) is 6.26. The molecule has 2 rings (SSSR count). The molecule has 1 aromatic heterocycles. The van der Waals surface area contributed by atoms with Gasteiger partial charge in [0.1, 0.15) is 0 Å². The number of hydrogen-bond acceptors (Lipinski definition) is 4. The van der Waals surface area contributed by atoms with Crippen LogP contribution in [0.3, 0.4) is 0 Å². The van der Waals surface area contributed by atoms with Gasteiger partial charge in [-0.1, -0.05) is 30.9 Å². The Kier molecular flexibility index (Phi) is 4.20. The first-order valence-corrected chi connectivity index (χ1v) is 8.16. The maximum absolute atomic E-state index is 12.2. The molecule has 1 heterocycles. The average Bonchev–Trinajstić information content (AvgIpc) is 2.68. The van der Waals surface area contributed by atoms with E-state index in [1.165, 1.54) is 17.3 Å². The predicted molar refractivity (Wildman–Crippen MR) is 73.4 cm³/mol. The fourth-order valence-corrected chi connectivity index (χ4v) is 4.23. The molecule has 0 spiro atoms. The van der Waals surface area contributed by atoms with Gasteiger partial charge in [0.05, 0.1) is 11.2 Å². The van der Waals surface area contributed by atoms with Gasteiger partial charge in [0, 0.05) is 19.1 Å². The van der Waals surface area contributed by atoms with Crippen LogP contribution in [-0.4, -0.2) is 30.3 Å². The third-order valence-electron chi connectivity index (χ3n) is 3.56. The van der Waals surface area contributed by atoms with Gasteiger partial charge in [0.25, 0.3) is 10.0 Å². The summed E-state index contributed by atoms with van der Waals surface area (Å²) in [5.41, 5.74) is 5.77. The van der Waals surface area contributed by atoms with Crippen LogP contribution in [0.1, 0.15) is 32.1 Å². The van der Waals surface area contributed by atoms with Crippen LogP contribution in [0.25, 0.3) is 0 Å². The van der Waals surface area contributed by atoms with Crippen LogP contribution in [0.15, 0.2) is 11.2 Å². The smallest absolute Gasteiger partial charge is 0.259 e. The van der Waals surface area contributed by atoms with E-state index in [1.807, 2.05) is 0 Å². The molecule has 0 unspecified atom stereocenters. The quantitative estimate of drug-likeness (QED) is 0.869. The number of aryl methyl sites for hydroxylation is 1. The molecule has 3 N–H and O–H groups in total. The van der Waals surface area contributed by atoms with Gasteiger partial charge in [0.2, 0.25) is 0 Å². The van der Waals surface area contributed by atoms with E-state index in [0.717, 1.165) is 25.7 Å². The molecule has 0 saturated heterocycles. The fraction of sp³-hybridized carbons (Fsp3) is 0.727. The van der Waals surface area contributed by atoms with E-state index < -0.39 is 15.6 Å². The molecule has 1 fully saturated rings. The van der Waals surface area contributed by atoms with Crippen molar-refractivity contribution >= 4 is 21.6 Å². The Balaban J connectivity index is 2.10. The molecular formula is C11H19ClN4O2S. The van der Waals surface area contributed by atoms with Crippen LogP contribution in [0.5, 0.6) is 0 Å². The highest BCUT2D eigenvalue weighted by molar-refractivity contribution is 7.89. The Labute approximate surface area is 118 Å². The van der Waals surface area contributed by atoms with Crippen molar-refractivity contribution in [3.63, 3.8) is 0 Å². The molecule has 1 aromatic rings. The molecule has 8 heteroatoms. The zero-order chi connectivity index (χ0) is 14.1. The molecule has 0 aliphatic heterocycles. The summed E-state index contributed by atoms with van der Waals surface area (Å²) < 4.78 is 28.2. The van der Waals surface area contributed by atoms with E-state index in [0.29, 0.717) is 0 Å². The van der Waals surface area contributed by atoms with Gasteiger partial charge >= 0.3 is 0 Å². The molecule has 0 amide bonds. The SMILES string of the molecule is Cn1ncc(Cl)c1S(=O)(=O)NCC1(N)CCCCC1. The molecule has 6 nitrogen and oxygen atoms in total. The van der Waals surface area contributed by atoms with Crippen molar-refractivity contribution in [3.05, 3.63) is 11.2 Å². The highest BCUT2D eigenvalue weighted by Gasteiger charge is 2.31. The number of rotatable bonds is 4. The number of nitrogens with one attached hydrogen (secondary N) is 1. The summed E-state index contributed by atoms with van der Waals surface area (Å²) in [5, 5.41) is 3.92. The fourth-order valence-electron chi connectivity index (χ4n) is 2.44. The van der Waals surface area contributed by atoms with Crippen LogP contribution in [-0.2, 0) is 17.1 Å². The van der Waals surface area contributed by atoms with Gasteiger partial charge in [-0.3, -0.25) is 4.68 Å². The van der Waals surface area contributed by atoms with E-state index in [4.69, 9.17) is 17.3 Å². The Morgan fingerprint density at radius 2 is 2.11 bits per heavy atom. The second kappa shape index (κ2) is 5.40. The topological polar surface area (TPSA) is 90.0 Å². The third kappa shape index (κ3) is 3.28. The number of halogens is 1.